The van der Waals surface area contributed by atoms with E-state index in [2.05, 4.69) is 10.1 Å². The molecule has 1 amide bonds. The van der Waals surface area contributed by atoms with Crippen molar-refractivity contribution >= 4 is 29.9 Å². The number of amides is 1. The van der Waals surface area contributed by atoms with Gasteiger partial charge in [0.05, 0.1) is 12.0 Å². The third-order valence-corrected chi connectivity index (χ3v) is 2.90. The van der Waals surface area contributed by atoms with Crippen LogP contribution in [0, 0.1) is 0 Å². The number of hydrogen-bond acceptors (Lipinski definition) is 5. The standard InChI is InChI=1S/C9H11NO4S/c1-14-9(13)4-8(12)10-6-2-3-15-7(6)5-11/h5H,2-4H2,1H3,(H,10,12). The first-order valence-corrected chi connectivity index (χ1v) is 5.33. The van der Waals surface area contributed by atoms with Crippen molar-refractivity contribution in [3.63, 3.8) is 0 Å². The maximum atomic E-state index is 11.3. The zero-order valence-corrected chi connectivity index (χ0v) is 9.06. The third kappa shape index (κ3) is 3.39. The average molecular weight is 229 g/mol. The summed E-state index contributed by atoms with van der Waals surface area (Å²) in [6.07, 6.45) is 1.04. The summed E-state index contributed by atoms with van der Waals surface area (Å²) in [7, 11) is 1.22. The molecule has 0 aromatic rings. The maximum absolute atomic E-state index is 11.3. The topological polar surface area (TPSA) is 72.5 Å². The van der Waals surface area contributed by atoms with E-state index in [4.69, 9.17) is 0 Å². The molecule has 0 fully saturated rings. The van der Waals surface area contributed by atoms with Crippen LogP contribution in [0.2, 0.25) is 0 Å². The fraction of sp³-hybridized carbons (Fsp3) is 0.444. The molecule has 0 aliphatic carbocycles. The minimum Gasteiger partial charge on any atom is -0.469 e. The van der Waals surface area contributed by atoms with Gasteiger partial charge in [0, 0.05) is 11.4 Å². The Hall–Kier alpha value is -1.30. The van der Waals surface area contributed by atoms with Crippen LogP contribution in [0.15, 0.2) is 10.6 Å². The zero-order chi connectivity index (χ0) is 11.3. The first-order chi connectivity index (χ1) is 7.17. The Labute approximate surface area is 91.2 Å². The van der Waals surface area contributed by atoms with Gasteiger partial charge >= 0.3 is 5.97 Å². The SMILES string of the molecule is COC(=O)CC(=O)NC1=C(C=O)SCC1. The van der Waals surface area contributed by atoms with E-state index in [-0.39, 0.29) is 6.42 Å². The van der Waals surface area contributed by atoms with Crippen LogP contribution in [0.5, 0.6) is 0 Å². The number of allylic oxidation sites excluding steroid dienone is 2. The van der Waals surface area contributed by atoms with Crippen LogP contribution < -0.4 is 5.32 Å². The second-order valence-corrected chi connectivity index (χ2v) is 4.00. The van der Waals surface area contributed by atoms with Crippen molar-refractivity contribution in [1.82, 2.24) is 5.32 Å². The van der Waals surface area contributed by atoms with Gasteiger partial charge in [-0.3, -0.25) is 14.4 Å². The van der Waals surface area contributed by atoms with Crippen molar-refractivity contribution in [3.8, 4) is 0 Å². The second kappa shape index (κ2) is 5.55. The molecule has 5 nitrogen and oxygen atoms in total. The summed E-state index contributed by atoms with van der Waals surface area (Å²) in [5.74, 6) is -0.257. The Kier molecular flexibility index (Phi) is 4.36. The fourth-order valence-electron chi connectivity index (χ4n) is 1.12. The first-order valence-electron chi connectivity index (χ1n) is 4.35. The Balaban J connectivity index is 2.51. The predicted octanol–water partition coefficient (Wildman–Crippen LogP) is 0.213. The monoisotopic (exact) mass is 229 g/mol. The van der Waals surface area contributed by atoms with E-state index in [0.29, 0.717) is 23.3 Å². The number of methoxy groups -OCH3 is 1. The van der Waals surface area contributed by atoms with Gasteiger partial charge in [-0.05, 0) is 6.42 Å². The summed E-state index contributed by atoms with van der Waals surface area (Å²) in [6.45, 7) is 0. The molecule has 6 heteroatoms. The quantitative estimate of drug-likeness (QED) is 0.424. The average Bonchev–Trinajstić information content (AvgIpc) is 2.64. The lowest BCUT2D eigenvalue weighted by molar-refractivity contribution is -0.143. The molecule has 1 heterocycles. The smallest absolute Gasteiger partial charge is 0.315 e. The lowest BCUT2D eigenvalue weighted by Crippen LogP contribution is -2.25. The zero-order valence-electron chi connectivity index (χ0n) is 8.24. The van der Waals surface area contributed by atoms with Crippen molar-refractivity contribution in [2.24, 2.45) is 0 Å². The van der Waals surface area contributed by atoms with E-state index in [0.717, 1.165) is 5.75 Å². The minimum absolute atomic E-state index is 0.323. The highest BCUT2D eigenvalue weighted by Gasteiger charge is 2.18. The highest BCUT2D eigenvalue weighted by atomic mass is 32.2. The van der Waals surface area contributed by atoms with Crippen LogP contribution in [0.3, 0.4) is 0 Å². The van der Waals surface area contributed by atoms with Crippen LogP contribution in [0.1, 0.15) is 12.8 Å². The molecule has 0 spiro atoms. The van der Waals surface area contributed by atoms with Crippen LogP contribution in [-0.2, 0) is 19.1 Å². The molecule has 15 heavy (non-hydrogen) atoms. The molecule has 82 valence electrons. The number of rotatable bonds is 4. The van der Waals surface area contributed by atoms with Gasteiger partial charge in [0.1, 0.15) is 6.42 Å². The highest BCUT2D eigenvalue weighted by Crippen LogP contribution is 2.27. The van der Waals surface area contributed by atoms with E-state index in [1.165, 1.54) is 18.9 Å². The Morgan fingerprint density at radius 3 is 2.93 bits per heavy atom. The number of carbonyl (C=O) groups is 3. The fourth-order valence-corrected chi connectivity index (χ4v) is 2.04. The van der Waals surface area contributed by atoms with Crippen LogP contribution in [0.25, 0.3) is 0 Å². The Morgan fingerprint density at radius 1 is 1.60 bits per heavy atom. The summed E-state index contributed by atoms with van der Waals surface area (Å²) >= 11 is 1.40. The normalized spacial score (nSPS) is 15.0. The predicted molar refractivity (Wildman–Crippen MR) is 54.9 cm³/mol. The van der Waals surface area contributed by atoms with Gasteiger partial charge in [-0.2, -0.15) is 0 Å². The van der Waals surface area contributed by atoms with E-state index >= 15 is 0 Å². The number of esters is 1. The molecular weight excluding hydrogens is 218 g/mol. The van der Waals surface area contributed by atoms with E-state index < -0.39 is 11.9 Å². The van der Waals surface area contributed by atoms with Crippen molar-refractivity contribution < 1.29 is 19.1 Å². The van der Waals surface area contributed by atoms with Gasteiger partial charge in [0.2, 0.25) is 5.91 Å². The highest BCUT2D eigenvalue weighted by molar-refractivity contribution is 8.04. The molecule has 1 N–H and O–H groups in total. The van der Waals surface area contributed by atoms with Gasteiger partial charge in [-0.1, -0.05) is 0 Å². The molecule has 0 radical (unpaired) electrons. The number of ether oxygens (including phenoxy) is 1. The lowest BCUT2D eigenvalue weighted by Gasteiger charge is -2.04. The van der Waals surface area contributed by atoms with Crippen LogP contribution in [-0.4, -0.2) is 31.0 Å². The molecule has 0 atom stereocenters. The molecule has 0 saturated heterocycles. The summed E-state index contributed by atoms with van der Waals surface area (Å²) in [6, 6.07) is 0. The molecule has 0 aromatic heterocycles. The number of nitrogens with one attached hydrogen (secondary N) is 1. The van der Waals surface area contributed by atoms with Gasteiger partial charge in [-0.25, -0.2) is 0 Å². The molecule has 0 saturated carbocycles. The van der Waals surface area contributed by atoms with Gasteiger partial charge in [-0.15, -0.1) is 11.8 Å². The summed E-state index contributed by atoms with van der Waals surface area (Å²) in [5.41, 5.74) is 0.601. The molecule has 1 rings (SSSR count). The minimum atomic E-state index is -0.591. The molecular formula is C9H11NO4S. The van der Waals surface area contributed by atoms with Crippen LogP contribution in [0.4, 0.5) is 0 Å². The van der Waals surface area contributed by atoms with Crippen molar-refractivity contribution in [2.75, 3.05) is 12.9 Å². The van der Waals surface area contributed by atoms with Crippen molar-refractivity contribution in [2.45, 2.75) is 12.8 Å². The molecule has 0 bridgehead atoms. The van der Waals surface area contributed by atoms with Crippen molar-refractivity contribution in [3.05, 3.63) is 10.6 Å². The summed E-state index contributed by atoms with van der Waals surface area (Å²) < 4.78 is 4.35. The second-order valence-electron chi connectivity index (χ2n) is 2.86. The lowest BCUT2D eigenvalue weighted by atomic mass is 10.3. The summed E-state index contributed by atoms with van der Waals surface area (Å²) in [4.78, 5) is 33.1. The first kappa shape index (κ1) is 11.8. The molecule has 1 aliphatic heterocycles. The van der Waals surface area contributed by atoms with E-state index in [1.807, 2.05) is 0 Å². The van der Waals surface area contributed by atoms with Crippen molar-refractivity contribution in [1.29, 1.82) is 0 Å². The molecule has 0 unspecified atom stereocenters. The van der Waals surface area contributed by atoms with E-state index in [1.54, 1.807) is 0 Å². The molecule has 0 aromatic carbocycles. The molecule has 1 aliphatic rings. The Bertz CT molecular complexity index is 324. The summed E-state index contributed by atoms with van der Waals surface area (Å²) in [5, 5.41) is 2.53. The third-order valence-electron chi connectivity index (χ3n) is 1.84. The number of carbonyl (C=O) groups excluding carboxylic acids is 3. The van der Waals surface area contributed by atoms with E-state index in [9.17, 15) is 14.4 Å². The number of aldehydes is 1. The largest absolute Gasteiger partial charge is 0.469 e. The van der Waals surface area contributed by atoms with Gasteiger partial charge in [0.15, 0.2) is 6.29 Å². The van der Waals surface area contributed by atoms with Gasteiger partial charge < -0.3 is 10.1 Å². The number of hydrogen-bond donors (Lipinski definition) is 1. The maximum Gasteiger partial charge on any atom is 0.315 e. The Morgan fingerprint density at radius 2 is 2.33 bits per heavy atom. The van der Waals surface area contributed by atoms with Gasteiger partial charge in [0.25, 0.3) is 0 Å². The number of thioether (sulfide) groups is 1. The van der Waals surface area contributed by atoms with Crippen LogP contribution >= 0.6 is 11.8 Å².